The highest BCUT2D eigenvalue weighted by Gasteiger charge is 2.46. The van der Waals surface area contributed by atoms with Gasteiger partial charge in [0.1, 0.15) is 41.1 Å². The summed E-state index contributed by atoms with van der Waals surface area (Å²) >= 11 is 0. The molecule has 0 spiro atoms. The molecule has 6 atom stereocenters. The lowest BCUT2D eigenvalue weighted by Gasteiger charge is -2.39. The lowest BCUT2D eigenvalue weighted by molar-refractivity contribution is -0.283. The number of aromatic hydroxyl groups is 4. The van der Waals surface area contributed by atoms with E-state index in [9.17, 15) is 40.5 Å². The molecular formula is C20H20O11. The van der Waals surface area contributed by atoms with Crippen LogP contribution >= 0.6 is 0 Å². The number of benzene rings is 2. The van der Waals surface area contributed by atoms with Crippen molar-refractivity contribution in [3.63, 3.8) is 0 Å². The van der Waals surface area contributed by atoms with Crippen LogP contribution in [-0.2, 0) is 9.47 Å². The van der Waals surface area contributed by atoms with E-state index in [0.717, 1.165) is 24.3 Å². The maximum Gasteiger partial charge on any atom is 0.203 e. The number of ether oxygens (including phenoxy) is 3. The highest BCUT2D eigenvalue weighted by atomic mass is 16.7. The molecule has 1 fully saturated rings. The molecule has 0 saturated carbocycles. The fraction of sp³-hybridized carbons (Fsp3) is 0.350. The predicted octanol–water partition coefficient (Wildman–Crippen LogP) is -0.350. The molecule has 0 radical (unpaired) electrons. The van der Waals surface area contributed by atoms with Gasteiger partial charge in [-0.15, -0.1) is 0 Å². The molecule has 2 heterocycles. The Morgan fingerprint density at radius 1 is 0.903 bits per heavy atom. The molecule has 11 heteroatoms. The van der Waals surface area contributed by atoms with Crippen LogP contribution in [0.1, 0.15) is 22.0 Å². The van der Waals surface area contributed by atoms with Crippen LogP contribution in [0.15, 0.2) is 30.3 Å². The highest BCUT2D eigenvalue weighted by molar-refractivity contribution is 6.05. The van der Waals surface area contributed by atoms with Crippen molar-refractivity contribution in [2.45, 2.75) is 36.8 Å². The van der Waals surface area contributed by atoms with Crippen molar-refractivity contribution < 1.29 is 54.8 Å². The number of aliphatic hydroxyl groups excluding tert-OH is 3. The monoisotopic (exact) mass is 436 g/mol. The smallest absolute Gasteiger partial charge is 0.203 e. The van der Waals surface area contributed by atoms with Crippen molar-refractivity contribution in [1.29, 1.82) is 0 Å². The van der Waals surface area contributed by atoms with Gasteiger partial charge in [0.25, 0.3) is 0 Å². The summed E-state index contributed by atoms with van der Waals surface area (Å²) in [6, 6.07) is 5.71. The third-order valence-corrected chi connectivity index (χ3v) is 5.16. The van der Waals surface area contributed by atoms with E-state index in [4.69, 9.17) is 14.2 Å². The second kappa shape index (κ2) is 7.87. The summed E-state index contributed by atoms with van der Waals surface area (Å²) in [5.74, 6) is -2.78. The van der Waals surface area contributed by atoms with Crippen LogP contribution in [0.3, 0.4) is 0 Å². The van der Waals surface area contributed by atoms with Crippen molar-refractivity contribution in [1.82, 2.24) is 0 Å². The van der Waals surface area contributed by atoms with E-state index in [2.05, 4.69) is 0 Å². The average molecular weight is 436 g/mol. The summed E-state index contributed by atoms with van der Waals surface area (Å²) in [4.78, 5) is 13.2. The van der Waals surface area contributed by atoms with Gasteiger partial charge in [-0.3, -0.25) is 4.79 Å². The number of fused-ring (bicyclic) bond motifs is 1. The minimum Gasteiger partial charge on any atom is -0.508 e. The molecule has 1 saturated heterocycles. The van der Waals surface area contributed by atoms with Gasteiger partial charge < -0.3 is 50.0 Å². The lowest BCUT2D eigenvalue weighted by atomic mass is 9.92. The van der Waals surface area contributed by atoms with E-state index >= 15 is 0 Å². The molecule has 2 aliphatic heterocycles. The second-order valence-electron chi connectivity index (χ2n) is 7.30. The Bertz CT molecular complexity index is 1010. The number of aliphatic hydroxyl groups is 3. The quantitative estimate of drug-likeness (QED) is 0.312. The third kappa shape index (κ3) is 3.73. The molecule has 2 aliphatic rings. The average Bonchev–Trinajstić information content (AvgIpc) is 2.71. The molecule has 7 N–H and O–H groups in total. The minimum atomic E-state index is -1.69. The van der Waals surface area contributed by atoms with Crippen LogP contribution in [0.2, 0.25) is 0 Å². The van der Waals surface area contributed by atoms with Crippen molar-refractivity contribution >= 4 is 5.78 Å². The van der Waals surface area contributed by atoms with Crippen molar-refractivity contribution in [3.8, 4) is 28.7 Å². The fourth-order valence-corrected chi connectivity index (χ4v) is 3.54. The Labute approximate surface area is 174 Å². The third-order valence-electron chi connectivity index (χ3n) is 5.16. The number of phenolic OH excluding ortho intramolecular Hbond substituents is 4. The number of phenols is 4. The van der Waals surface area contributed by atoms with Crippen LogP contribution < -0.4 is 4.74 Å². The second-order valence-corrected chi connectivity index (χ2v) is 7.30. The SMILES string of the molecule is O=C1c2c(O)cc(O)cc2O[C@H](c2ccc(O)c(O)c2)[C@@H]1O[C@H]1OC[C@H](O)[C@@H](O)[C@H]1O. The van der Waals surface area contributed by atoms with Gasteiger partial charge in [-0.2, -0.15) is 0 Å². The molecule has 2 aromatic rings. The predicted molar refractivity (Wildman–Crippen MR) is 99.9 cm³/mol. The Morgan fingerprint density at radius 2 is 1.65 bits per heavy atom. The zero-order valence-electron chi connectivity index (χ0n) is 15.8. The maximum atomic E-state index is 13.2. The summed E-state index contributed by atoms with van der Waals surface area (Å²) < 4.78 is 16.6. The first-order chi connectivity index (χ1) is 14.7. The summed E-state index contributed by atoms with van der Waals surface area (Å²) in [7, 11) is 0. The Morgan fingerprint density at radius 3 is 2.35 bits per heavy atom. The van der Waals surface area contributed by atoms with E-state index in [1.165, 1.54) is 6.07 Å². The Hall–Kier alpha value is -3.09. The normalized spacial score (nSPS) is 30.5. The summed E-state index contributed by atoms with van der Waals surface area (Å²) in [5.41, 5.74) is -0.0963. The number of rotatable bonds is 3. The van der Waals surface area contributed by atoms with Gasteiger partial charge >= 0.3 is 0 Å². The van der Waals surface area contributed by atoms with E-state index in [1.54, 1.807) is 0 Å². The molecule has 0 aliphatic carbocycles. The summed E-state index contributed by atoms with van der Waals surface area (Å²) in [5, 5.41) is 69.0. The molecule has 2 aromatic carbocycles. The summed E-state index contributed by atoms with van der Waals surface area (Å²) in [6.07, 6.45) is -8.95. The van der Waals surface area contributed by atoms with Gasteiger partial charge in [-0.1, -0.05) is 6.07 Å². The van der Waals surface area contributed by atoms with Crippen molar-refractivity contribution in [2.75, 3.05) is 6.61 Å². The van der Waals surface area contributed by atoms with Crippen LogP contribution in [0, 0.1) is 0 Å². The van der Waals surface area contributed by atoms with Crippen molar-refractivity contribution in [2.24, 2.45) is 0 Å². The number of hydrogen-bond acceptors (Lipinski definition) is 11. The number of carbonyl (C=O) groups excluding carboxylic acids is 1. The minimum absolute atomic E-state index is 0.152. The number of hydrogen-bond donors (Lipinski definition) is 7. The van der Waals surface area contributed by atoms with Crippen LogP contribution in [0.4, 0.5) is 0 Å². The number of Topliss-reactive ketones (excluding diaryl/α,β-unsaturated/α-hetero) is 1. The topological polar surface area (TPSA) is 186 Å². The number of ketones is 1. The van der Waals surface area contributed by atoms with Gasteiger partial charge in [0.05, 0.1) is 6.61 Å². The van der Waals surface area contributed by atoms with Crippen molar-refractivity contribution in [3.05, 3.63) is 41.5 Å². The van der Waals surface area contributed by atoms with Gasteiger partial charge in [0.2, 0.25) is 5.78 Å². The van der Waals surface area contributed by atoms with Gasteiger partial charge in [0, 0.05) is 12.1 Å². The molecule has 4 rings (SSSR count). The van der Waals surface area contributed by atoms with E-state index < -0.39 is 59.8 Å². The summed E-state index contributed by atoms with van der Waals surface area (Å²) in [6.45, 7) is -0.370. The van der Waals surface area contributed by atoms with Crippen LogP contribution in [-0.4, -0.2) is 78.8 Å². The van der Waals surface area contributed by atoms with Gasteiger partial charge in [-0.25, -0.2) is 0 Å². The molecule has 0 unspecified atom stereocenters. The molecule has 31 heavy (non-hydrogen) atoms. The standard InChI is InChI=1S/C20H20O11/c21-8-4-11(24)14-13(5-8)30-18(7-1-2-9(22)10(23)3-7)19(16(14)27)31-20-17(28)15(26)12(25)6-29-20/h1-5,12,15,17-26,28H,6H2/t12-,15+,17+,18+,19+,20+/m0/s1. The van der Waals surface area contributed by atoms with Crippen LogP contribution in [0.25, 0.3) is 0 Å². The van der Waals surface area contributed by atoms with E-state index in [1.807, 2.05) is 0 Å². The first kappa shape index (κ1) is 21.2. The maximum absolute atomic E-state index is 13.2. The Kier molecular flexibility index (Phi) is 5.37. The molecular weight excluding hydrogens is 416 g/mol. The lowest BCUT2D eigenvalue weighted by Crippen LogP contribution is -2.56. The fourth-order valence-electron chi connectivity index (χ4n) is 3.54. The van der Waals surface area contributed by atoms with E-state index in [-0.39, 0.29) is 29.2 Å². The largest absolute Gasteiger partial charge is 0.508 e. The molecule has 0 amide bonds. The molecule has 166 valence electrons. The zero-order chi connectivity index (χ0) is 22.4. The zero-order valence-corrected chi connectivity index (χ0v) is 15.8. The molecule has 11 nitrogen and oxygen atoms in total. The van der Waals surface area contributed by atoms with E-state index in [0.29, 0.717) is 0 Å². The first-order valence-corrected chi connectivity index (χ1v) is 9.27. The molecule has 0 bridgehead atoms. The van der Waals surface area contributed by atoms with Crippen LogP contribution in [0.5, 0.6) is 28.7 Å². The molecule has 0 aromatic heterocycles. The van der Waals surface area contributed by atoms with Gasteiger partial charge in [0.15, 0.2) is 30.0 Å². The first-order valence-electron chi connectivity index (χ1n) is 9.27. The van der Waals surface area contributed by atoms with Gasteiger partial charge in [-0.05, 0) is 17.7 Å². The highest BCUT2D eigenvalue weighted by Crippen LogP contribution is 2.44. The Balaban J connectivity index is 1.74. The number of carbonyl (C=O) groups is 1.